The van der Waals surface area contributed by atoms with Gasteiger partial charge < -0.3 is 14.2 Å². The first-order valence-corrected chi connectivity index (χ1v) is 6.82. The van der Waals surface area contributed by atoms with E-state index in [1.54, 1.807) is 18.2 Å². The van der Waals surface area contributed by atoms with Gasteiger partial charge in [0.05, 0.1) is 30.7 Å². The highest BCUT2D eigenvalue weighted by molar-refractivity contribution is 5.92. The first kappa shape index (κ1) is 13.7. The van der Waals surface area contributed by atoms with Crippen LogP contribution >= 0.6 is 0 Å². The molecule has 1 amide bonds. The molecule has 2 aromatic heterocycles. The summed E-state index contributed by atoms with van der Waals surface area (Å²) in [6.45, 7) is 3.84. The Morgan fingerprint density at radius 2 is 2.19 bits per heavy atom. The molecular weight excluding hydrogens is 270 g/mol. The number of nitrogens with zero attached hydrogens (tertiary/aromatic N) is 5. The molecule has 0 fully saturated rings. The van der Waals surface area contributed by atoms with Gasteiger partial charge in [-0.15, -0.1) is 0 Å². The van der Waals surface area contributed by atoms with Gasteiger partial charge in [-0.05, 0) is 6.92 Å². The lowest BCUT2D eigenvalue weighted by atomic mass is 10.2. The van der Waals surface area contributed by atoms with Gasteiger partial charge in [-0.1, -0.05) is 0 Å². The van der Waals surface area contributed by atoms with Gasteiger partial charge in [0.2, 0.25) is 0 Å². The highest BCUT2D eigenvalue weighted by Crippen LogP contribution is 2.26. The summed E-state index contributed by atoms with van der Waals surface area (Å²) in [7, 11) is 1.66. The molecule has 0 radical (unpaired) electrons. The van der Waals surface area contributed by atoms with E-state index in [9.17, 15) is 4.79 Å². The molecule has 1 atom stereocenters. The van der Waals surface area contributed by atoms with Crippen molar-refractivity contribution in [2.75, 3.05) is 13.7 Å². The molecule has 0 N–H and O–H groups in total. The lowest BCUT2D eigenvalue weighted by molar-refractivity contribution is 0.0626. The van der Waals surface area contributed by atoms with Crippen LogP contribution in [0.25, 0.3) is 0 Å². The molecule has 7 heteroatoms. The van der Waals surface area contributed by atoms with Gasteiger partial charge in [0.15, 0.2) is 0 Å². The van der Waals surface area contributed by atoms with E-state index in [4.69, 9.17) is 4.74 Å². The number of carbonyl (C=O) groups is 1. The average molecular weight is 287 g/mol. The summed E-state index contributed by atoms with van der Waals surface area (Å²) in [6, 6.07) is -0.0983. The van der Waals surface area contributed by atoms with Gasteiger partial charge in [0.1, 0.15) is 11.5 Å². The third-order valence-corrected chi connectivity index (χ3v) is 3.71. The fourth-order valence-electron chi connectivity index (χ4n) is 2.66. The topological polar surface area (TPSA) is 73.1 Å². The minimum absolute atomic E-state index is 0.0983. The number of rotatable bonds is 3. The van der Waals surface area contributed by atoms with Crippen LogP contribution in [-0.4, -0.2) is 44.0 Å². The molecule has 1 aliphatic rings. The maximum absolute atomic E-state index is 12.5. The van der Waals surface area contributed by atoms with E-state index in [0.29, 0.717) is 25.4 Å². The molecule has 0 bridgehead atoms. The third kappa shape index (κ3) is 2.40. The van der Waals surface area contributed by atoms with Crippen molar-refractivity contribution < 1.29 is 9.53 Å². The Morgan fingerprint density at radius 3 is 2.90 bits per heavy atom. The van der Waals surface area contributed by atoms with E-state index in [1.807, 2.05) is 13.1 Å². The Balaban J connectivity index is 1.86. The van der Waals surface area contributed by atoms with Crippen molar-refractivity contribution in [1.29, 1.82) is 0 Å². The van der Waals surface area contributed by atoms with Crippen LogP contribution in [0.3, 0.4) is 0 Å². The zero-order valence-electron chi connectivity index (χ0n) is 12.1. The number of amides is 1. The largest absolute Gasteiger partial charge is 0.378 e. The predicted octanol–water partition coefficient (Wildman–Crippen LogP) is 1.04. The Labute approximate surface area is 122 Å². The van der Waals surface area contributed by atoms with E-state index in [2.05, 4.69) is 19.5 Å². The number of imidazole rings is 1. The maximum atomic E-state index is 12.5. The zero-order chi connectivity index (χ0) is 14.8. The molecule has 1 aliphatic heterocycles. The Bertz CT molecular complexity index is 640. The van der Waals surface area contributed by atoms with E-state index < -0.39 is 0 Å². The second-order valence-corrected chi connectivity index (χ2v) is 4.96. The molecule has 3 rings (SSSR count). The first-order valence-electron chi connectivity index (χ1n) is 6.82. The Kier molecular flexibility index (Phi) is 3.66. The molecule has 0 aromatic carbocycles. The fraction of sp³-hybridized carbons (Fsp3) is 0.429. The molecule has 0 unspecified atom stereocenters. The molecule has 0 saturated heterocycles. The lowest BCUT2D eigenvalue weighted by Crippen LogP contribution is -2.41. The van der Waals surface area contributed by atoms with E-state index in [0.717, 1.165) is 11.5 Å². The van der Waals surface area contributed by atoms with Crippen LogP contribution in [0.4, 0.5) is 0 Å². The van der Waals surface area contributed by atoms with Crippen LogP contribution < -0.4 is 0 Å². The lowest BCUT2D eigenvalue weighted by Gasteiger charge is -2.34. The zero-order valence-corrected chi connectivity index (χ0v) is 12.1. The van der Waals surface area contributed by atoms with Gasteiger partial charge in [-0.2, -0.15) is 0 Å². The second kappa shape index (κ2) is 5.61. The van der Waals surface area contributed by atoms with E-state index >= 15 is 0 Å². The highest BCUT2D eigenvalue weighted by atomic mass is 16.5. The molecule has 21 heavy (non-hydrogen) atoms. The molecule has 2 aromatic rings. The van der Waals surface area contributed by atoms with Crippen LogP contribution in [0.1, 0.15) is 35.0 Å². The molecular formula is C14H17N5O2. The van der Waals surface area contributed by atoms with Gasteiger partial charge in [0.25, 0.3) is 5.91 Å². The van der Waals surface area contributed by atoms with Gasteiger partial charge in [-0.25, -0.2) is 9.97 Å². The summed E-state index contributed by atoms with van der Waals surface area (Å²) in [5.41, 5.74) is 1.40. The minimum atomic E-state index is -0.113. The number of ether oxygens (including phenoxy) is 1. The summed E-state index contributed by atoms with van der Waals surface area (Å²) < 4.78 is 7.29. The third-order valence-electron chi connectivity index (χ3n) is 3.71. The van der Waals surface area contributed by atoms with Crippen LogP contribution in [0.2, 0.25) is 0 Å². The molecule has 0 aliphatic carbocycles. The minimum Gasteiger partial charge on any atom is -0.378 e. The monoisotopic (exact) mass is 287 g/mol. The average Bonchev–Trinajstić information content (AvgIpc) is 2.92. The highest BCUT2D eigenvalue weighted by Gasteiger charge is 2.31. The molecule has 0 saturated carbocycles. The Hall–Kier alpha value is -2.28. The number of hydrogen-bond donors (Lipinski definition) is 0. The number of hydrogen-bond acceptors (Lipinski definition) is 5. The standard InChI is InChI=1S/C14H17N5O2/c1-10-13-17-7-11(9-21-2)19(13)6-5-18(10)14(20)12-8-15-3-4-16-12/h3-4,7-8,10H,5-6,9H2,1-2H3/t10-/m1/s1. The van der Waals surface area contributed by atoms with Crippen molar-refractivity contribution in [2.24, 2.45) is 0 Å². The number of methoxy groups -OCH3 is 1. The predicted molar refractivity (Wildman–Crippen MR) is 74.4 cm³/mol. The smallest absolute Gasteiger partial charge is 0.274 e. The SMILES string of the molecule is COCc1cnc2n1CCN(C(=O)c1cnccn1)[C@@H]2C. The van der Waals surface area contributed by atoms with E-state index in [1.165, 1.54) is 12.4 Å². The van der Waals surface area contributed by atoms with Crippen molar-refractivity contribution in [2.45, 2.75) is 26.1 Å². The van der Waals surface area contributed by atoms with Crippen molar-refractivity contribution in [3.8, 4) is 0 Å². The first-order chi connectivity index (χ1) is 10.2. The summed E-state index contributed by atoms with van der Waals surface area (Å²) in [6.07, 6.45) is 6.39. The molecule has 7 nitrogen and oxygen atoms in total. The fourth-order valence-corrected chi connectivity index (χ4v) is 2.66. The van der Waals surface area contributed by atoms with Crippen LogP contribution in [-0.2, 0) is 17.9 Å². The summed E-state index contributed by atoms with van der Waals surface area (Å²) in [5.74, 6) is 0.767. The van der Waals surface area contributed by atoms with Gasteiger partial charge in [-0.3, -0.25) is 9.78 Å². The van der Waals surface area contributed by atoms with Crippen molar-refractivity contribution in [3.05, 3.63) is 42.0 Å². The van der Waals surface area contributed by atoms with Crippen LogP contribution in [0.15, 0.2) is 24.8 Å². The maximum Gasteiger partial charge on any atom is 0.274 e. The number of aromatic nitrogens is 4. The van der Waals surface area contributed by atoms with Gasteiger partial charge in [0, 0.05) is 32.6 Å². The van der Waals surface area contributed by atoms with Crippen LogP contribution in [0.5, 0.6) is 0 Å². The number of fused-ring (bicyclic) bond motifs is 1. The summed E-state index contributed by atoms with van der Waals surface area (Å²) >= 11 is 0. The van der Waals surface area contributed by atoms with Crippen molar-refractivity contribution >= 4 is 5.91 Å². The second-order valence-electron chi connectivity index (χ2n) is 4.96. The Morgan fingerprint density at radius 1 is 1.33 bits per heavy atom. The molecule has 110 valence electrons. The van der Waals surface area contributed by atoms with Gasteiger partial charge >= 0.3 is 0 Å². The van der Waals surface area contributed by atoms with E-state index in [-0.39, 0.29) is 11.9 Å². The van der Waals surface area contributed by atoms with Crippen molar-refractivity contribution in [3.63, 3.8) is 0 Å². The number of carbonyl (C=O) groups excluding carboxylic acids is 1. The van der Waals surface area contributed by atoms with Crippen LogP contribution in [0, 0.1) is 0 Å². The molecule has 0 spiro atoms. The normalized spacial score (nSPS) is 17.6. The summed E-state index contributed by atoms with van der Waals surface area (Å²) in [5, 5.41) is 0. The molecule has 3 heterocycles. The summed E-state index contributed by atoms with van der Waals surface area (Å²) in [4.78, 5) is 26.8. The van der Waals surface area contributed by atoms with Crippen molar-refractivity contribution in [1.82, 2.24) is 24.4 Å². The quantitative estimate of drug-likeness (QED) is 0.843.